The Labute approximate surface area is 137 Å². The summed E-state index contributed by atoms with van der Waals surface area (Å²) >= 11 is 14.8. The Hall–Kier alpha value is -1.10. The summed E-state index contributed by atoms with van der Waals surface area (Å²) in [5.74, 6) is 0. The summed E-state index contributed by atoms with van der Waals surface area (Å²) in [5, 5.41) is 7.42. The van der Waals surface area contributed by atoms with Crippen LogP contribution in [0.25, 0.3) is 0 Å². The van der Waals surface area contributed by atoms with Crippen molar-refractivity contribution in [1.29, 1.82) is 0 Å². The molecular formula is C15H14BrClN2S. The van der Waals surface area contributed by atoms with Crippen molar-refractivity contribution in [3.8, 4) is 0 Å². The zero-order valence-electron chi connectivity index (χ0n) is 10.9. The molecular weight excluding hydrogens is 356 g/mol. The molecule has 0 heterocycles. The van der Waals surface area contributed by atoms with E-state index in [1.807, 2.05) is 18.2 Å². The van der Waals surface area contributed by atoms with Crippen LogP contribution >= 0.6 is 39.7 Å². The lowest BCUT2D eigenvalue weighted by Crippen LogP contribution is -2.27. The van der Waals surface area contributed by atoms with Gasteiger partial charge in [-0.05, 0) is 42.9 Å². The van der Waals surface area contributed by atoms with E-state index in [0.29, 0.717) is 16.7 Å². The predicted molar refractivity (Wildman–Crippen MR) is 93.4 cm³/mol. The molecule has 20 heavy (non-hydrogen) atoms. The highest BCUT2D eigenvalue weighted by atomic mass is 79.9. The Morgan fingerprint density at radius 2 is 1.90 bits per heavy atom. The SMILES string of the molecule is Cc1ccc(CNC(=S)Nc2ccc(Br)cc2Cl)cc1. The molecule has 0 spiro atoms. The number of hydrogen-bond acceptors (Lipinski definition) is 1. The second-order valence-electron chi connectivity index (χ2n) is 4.42. The maximum Gasteiger partial charge on any atom is 0.171 e. The lowest BCUT2D eigenvalue weighted by molar-refractivity contribution is 0.925. The summed E-state index contributed by atoms with van der Waals surface area (Å²) in [4.78, 5) is 0. The van der Waals surface area contributed by atoms with E-state index in [2.05, 4.69) is 57.8 Å². The highest BCUT2D eigenvalue weighted by Crippen LogP contribution is 2.25. The van der Waals surface area contributed by atoms with Gasteiger partial charge in [0.25, 0.3) is 0 Å². The van der Waals surface area contributed by atoms with E-state index in [4.69, 9.17) is 23.8 Å². The van der Waals surface area contributed by atoms with E-state index in [1.165, 1.54) is 11.1 Å². The first kappa shape index (κ1) is 15.3. The molecule has 0 aromatic heterocycles. The van der Waals surface area contributed by atoms with Gasteiger partial charge in [-0.1, -0.05) is 57.4 Å². The third kappa shape index (κ3) is 4.47. The Bertz CT molecular complexity index is 614. The number of aryl methyl sites for hydroxylation is 1. The predicted octanol–water partition coefficient (Wildman–Crippen LogP) is 4.90. The molecule has 0 amide bonds. The van der Waals surface area contributed by atoms with Crippen LogP contribution in [0.5, 0.6) is 0 Å². The van der Waals surface area contributed by atoms with Crippen molar-refractivity contribution in [3.05, 3.63) is 63.1 Å². The van der Waals surface area contributed by atoms with Gasteiger partial charge in [0.15, 0.2) is 5.11 Å². The molecule has 0 aliphatic carbocycles. The van der Waals surface area contributed by atoms with E-state index in [1.54, 1.807) is 0 Å². The normalized spacial score (nSPS) is 10.2. The summed E-state index contributed by atoms with van der Waals surface area (Å²) < 4.78 is 0.937. The first-order chi connectivity index (χ1) is 9.54. The van der Waals surface area contributed by atoms with E-state index >= 15 is 0 Å². The Balaban J connectivity index is 1.90. The molecule has 0 aliphatic heterocycles. The molecule has 2 rings (SSSR count). The summed E-state index contributed by atoms with van der Waals surface area (Å²) in [7, 11) is 0. The number of anilines is 1. The van der Waals surface area contributed by atoms with Crippen LogP contribution in [-0.2, 0) is 6.54 Å². The molecule has 0 bridgehead atoms. The van der Waals surface area contributed by atoms with Crippen LogP contribution in [0.1, 0.15) is 11.1 Å². The number of benzene rings is 2. The average molecular weight is 370 g/mol. The maximum absolute atomic E-state index is 6.13. The summed E-state index contributed by atoms with van der Waals surface area (Å²) in [6, 6.07) is 13.9. The van der Waals surface area contributed by atoms with Crippen molar-refractivity contribution in [3.63, 3.8) is 0 Å². The highest BCUT2D eigenvalue weighted by Gasteiger charge is 2.03. The summed E-state index contributed by atoms with van der Waals surface area (Å²) in [6.07, 6.45) is 0. The van der Waals surface area contributed by atoms with Crippen molar-refractivity contribution in [2.45, 2.75) is 13.5 Å². The monoisotopic (exact) mass is 368 g/mol. The van der Waals surface area contributed by atoms with Crippen LogP contribution in [0, 0.1) is 6.92 Å². The fourth-order valence-electron chi connectivity index (χ4n) is 1.65. The van der Waals surface area contributed by atoms with Crippen molar-refractivity contribution in [2.75, 3.05) is 5.32 Å². The number of thiocarbonyl (C=S) groups is 1. The smallest absolute Gasteiger partial charge is 0.171 e. The van der Waals surface area contributed by atoms with E-state index in [0.717, 1.165) is 10.2 Å². The minimum absolute atomic E-state index is 0.551. The van der Waals surface area contributed by atoms with Gasteiger partial charge in [-0.25, -0.2) is 0 Å². The molecule has 2 nitrogen and oxygen atoms in total. The third-order valence-corrected chi connectivity index (χ3v) is 3.81. The average Bonchev–Trinajstić information content (AvgIpc) is 2.41. The summed E-state index contributed by atoms with van der Waals surface area (Å²) in [6.45, 7) is 2.75. The zero-order valence-corrected chi connectivity index (χ0v) is 14.1. The molecule has 0 radical (unpaired) electrons. The fraction of sp³-hybridized carbons (Fsp3) is 0.133. The van der Waals surface area contributed by atoms with E-state index < -0.39 is 0 Å². The zero-order chi connectivity index (χ0) is 14.5. The van der Waals surface area contributed by atoms with Crippen molar-refractivity contribution >= 4 is 50.5 Å². The number of nitrogens with one attached hydrogen (secondary N) is 2. The van der Waals surface area contributed by atoms with Gasteiger partial charge in [-0.3, -0.25) is 0 Å². The molecule has 2 aromatic rings. The minimum atomic E-state index is 0.551. The standard InChI is InChI=1S/C15H14BrClN2S/c1-10-2-4-11(5-3-10)9-18-15(20)19-14-7-6-12(16)8-13(14)17/h2-8H,9H2,1H3,(H2,18,19,20). The molecule has 104 valence electrons. The van der Waals surface area contributed by atoms with Gasteiger partial charge in [0.1, 0.15) is 0 Å². The van der Waals surface area contributed by atoms with Gasteiger partial charge in [-0.15, -0.1) is 0 Å². The van der Waals surface area contributed by atoms with Gasteiger partial charge in [0, 0.05) is 11.0 Å². The van der Waals surface area contributed by atoms with Crippen molar-refractivity contribution in [2.24, 2.45) is 0 Å². The van der Waals surface area contributed by atoms with Crippen LogP contribution < -0.4 is 10.6 Å². The maximum atomic E-state index is 6.13. The van der Waals surface area contributed by atoms with Crippen LogP contribution in [0.3, 0.4) is 0 Å². The molecule has 0 unspecified atom stereocenters. The number of hydrogen-bond donors (Lipinski definition) is 2. The second kappa shape index (κ2) is 7.07. The second-order valence-corrected chi connectivity index (χ2v) is 6.15. The van der Waals surface area contributed by atoms with Gasteiger partial charge >= 0.3 is 0 Å². The van der Waals surface area contributed by atoms with E-state index in [9.17, 15) is 0 Å². The largest absolute Gasteiger partial charge is 0.358 e. The molecule has 0 fully saturated rings. The first-order valence-corrected chi connectivity index (χ1v) is 7.68. The quantitative estimate of drug-likeness (QED) is 0.753. The van der Waals surface area contributed by atoms with Crippen molar-refractivity contribution in [1.82, 2.24) is 5.32 Å². The van der Waals surface area contributed by atoms with E-state index in [-0.39, 0.29) is 0 Å². The molecule has 0 saturated heterocycles. The van der Waals surface area contributed by atoms with Gasteiger partial charge in [0.05, 0.1) is 10.7 Å². The molecule has 0 saturated carbocycles. The Kier molecular flexibility index (Phi) is 5.40. The Morgan fingerprint density at radius 3 is 2.55 bits per heavy atom. The number of rotatable bonds is 3. The number of halogens is 2. The molecule has 2 aromatic carbocycles. The highest BCUT2D eigenvalue weighted by molar-refractivity contribution is 9.10. The molecule has 2 N–H and O–H groups in total. The Morgan fingerprint density at radius 1 is 1.20 bits per heavy atom. The third-order valence-electron chi connectivity index (χ3n) is 2.75. The van der Waals surface area contributed by atoms with Gasteiger partial charge < -0.3 is 10.6 Å². The van der Waals surface area contributed by atoms with Crippen molar-refractivity contribution < 1.29 is 0 Å². The molecule has 0 aliphatic rings. The summed E-state index contributed by atoms with van der Waals surface area (Å²) in [5.41, 5.74) is 3.22. The lowest BCUT2D eigenvalue weighted by Gasteiger charge is -2.12. The van der Waals surface area contributed by atoms with Gasteiger partial charge in [-0.2, -0.15) is 0 Å². The lowest BCUT2D eigenvalue weighted by atomic mass is 10.1. The minimum Gasteiger partial charge on any atom is -0.358 e. The van der Waals surface area contributed by atoms with Gasteiger partial charge in [0.2, 0.25) is 0 Å². The van der Waals surface area contributed by atoms with Crippen LogP contribution in [-0.4, -0.2) is 5.11 Å². The van der Waals surface area contributed by atoms with Crippen LogP contribution in [0.15, 0.2) is 46.9 Å². The molecule has 0 atom stereocenters. The fourth-order valence-corrected chi connectivity index (χ4v) is 2.55. The topological polar surface area (TPSA) is 24.1 Å². The van der Waals surface area contributed by atoms with Crippen LogP contribution in [0.4, 0.5) is 5.69 Å². The first-order valence-electron chi connectivity index (χ1n) is 6.10. The van der Waals surface area contributed by atoms with Crippen LogP contribution in [0.2, 0.25) is 5.02 Å². The molecule has 5 heteroatoms.